The Bertz CT molecular complexity index is 2170. The molecule has 0 saturated carbocycles. The highest BCUT2D eigenvalue weighted by Gasteiger charge is 2.57. The molecule has 2 N–H and O–H groups in total. The summed E-state index contributed by atoms with van der Waals surface area (Å²) in [5.74, 6) is -1.35. The third-order valence-electron chi connectivity index (χ3n) is 11.5. The van der Waals surface area contributed by atoms with Crippen LogP contribution < -0.4 is 5.32 Å². The molecule has 52 heavy (non-hydrogen) atoms. The van der Waals surface area contributed by atoms with E-state index in [4.69, 9.17) is 24.5 Å². The number of nitrogens with one attached hydrogen (secondary N) is 1. The van der Waals surface area contributed by atoms with E-state index in [9.17, 15) is 14.7 Å². The highest BCUT2D eigenvalue weighted by molar-refractivity contribution is 6.25. The number of esters is 2. The minimum absolute atomic E-state index is 0.102. The van der Waals surface area contributed by atoms with E-state index in [0.29, 0.717) is 29.0 Å². The second kappa shape index (κ2) is 13.3. The molecule has 6 heterocycles. The predicted molar refractivity (Wildman–Crippen MR) is 201 cm³/mol. The van der Waals surface area contributed by atoms with Crippen molar-refractivity contribution in [3.05, 3.63) is 122 Å². The largest absolute Gasteiger partial charge is 0.510 e. The number of allylic oxidation sites excluding steroid dienone is 11. The number of aliphatic hydroxyl groups excluding tert-OH is 1. The van der Waals surface area contributed by atoms with Crippen LogP contribution >= 0.6 is 0 Å². The van der Waals surface area contributed by atoms with Gasteiger partial charge in [-0.25, -0.2) is 15.0 Å². The molecule has 1 aromatic rings. The lowest BCUT2D eigenvalue weighted by atomic mass is 9.78. The Kier molecular flexibility index (Phi) is 8.97. The Balaban J connectivity index is 1.48. The number of aliphatic imine (C=N–C) groups is 3. The molecule has 7 rings (SSSR count). The zero-order chi connectivity index (χ0) is 37.1. The molecule has 268 valence electrons. The molecule has 10 nitrogen and oxygen atoms in total. The first-order valence-corrected chi connectivity index (χ1v) is 18.0. The number of pyridine rings is 1. The zero-order valence-electron chi connectivity index (χ0n) is 31.1. The van der Waals surface area contributed by atoms with Gasteiger partial charge in [-0.05, 0) is 117 Å². The Morgan fingerprint density at radius 3 is 2.25 bits per heavy atom. The van der Waals surface area contributed by atoms with Crippen LogP contribution in [0.4, 0.5) is 0 Å². The van der Waals surface area contributed by atoms with Gasteiger partial charge in [0.25, 0.3) is 0 Å². The van der Waals surface area contributed by atoms with Gasteiger partial charge < -0.3 is 19.9 Å². The predicted octanol–water partition coefficient (Wildman–Crippen LogP) is 7.43. The Hall–Kier alpha value is -5.38. The van der Waals surface area contributed by atoms with Gasteiger partial charge in [-0.2, -0.15) is 0 Å². The van der Waals surface area contributed by atoms with Crippen molar-refractivity contribution >= 4 is 29.1 Å². The third kappa shape index (κ3) is 5.47. The lowest BCUT2D eigenvalue weighted by Gasteiger charge is -2.27. The van der Waals surface area contributed by atoms with Crippen molar-refractivity contribution in [3.63, 3.8) is 0 Å². The van der Waals surface area contributed by atoms with Gasteiger partial charge in [0.05, 0.1) is 48.4 Å². The van der Waals surface area contributed by atoms with Crippen molar-refractivity contribution in [2.45, 2.75) is 73.6 Å². The van der Waals surface area contributed by atoms with Gasteiger partial charge in [-0.15, -0.1) is 0 Å². The SMILES string of the molecule is CCC1=C(C)C2=NC1=CC1=C(C)C3=C(O)[C@@](C)(C(=O)OC)C(=C4NC(=CC5=NC(=C2)C(CCc2ccncc2)=C5C)[C@@H](C)[C@@H]4CCC(=O)OC)C3=N1. The molecule has 1 saturated heterocycles. The fourth-order valence-electron chi connectivity index (χ4n) is 8.36. The van der Waals surface area contributed by atoms with Gasteiger partial charge in [-0.1, -0.05) is 13.8 Å². The maximum Gasteiger partial charge on any atom is 0.323 e. The molecule has 10 heteroatoms. The fraction of sp³-hybridized carbons (Fsp3) is 0.381. The van der Waals surface area contributed by atoms with Crippen LogP contribution in [0.2, 0.25) is 0 Å². The normalized spacial score (nSPS) is 24.9. The number of carbonyl (C=O) groups is 2. The van der Waals surface area contributed by atoms with Crippen molar-refractivity contribution in [1.82, 2.24) is 10.3 Å². The molecule has 0 spiro atoms. The number of ether oxygens (including phenoxy) is 2. The van der Waals surface area contributed by atoms with E-state index in [1.54, 1.807) is 6.92 Å². The number of methoxy groups -OCH3 is 2. The van der Waals surface area contributed by atoms with Crippen LogP contribution in [-0.2, 0) is 25.5 Å². The Morgan fingerprint density at radius 2 is 1.58 bits per heavy atom. The van der Waals surface area contributed by atoms with Gasteiger partial charge in [-0.3, -0.25) is 14.6 Å². The first-order valence-electron chi connectivity index (χ1n) is 18.0. The second-order valence-electron chi connectivity index (χ2n) is 14.3. The standard InChI is InChI=1S/C42H45N5O5/c1-9-26-21(2)30-19-34-27(11-10-25-14-16-43-17-15-25)22(3)29(45-34)18-31-23(4)28(12-13-35(48)51-7)38(46-31)37-39-36(40(49)42(37,6)41(50)52-8)24(5)32(47-39)20-33(26)44-30/h14-20,23,28,46,49H,9-13H2,1-8H3/t23-,28-,42-/m0/s1. The number of hydrogen-bond donors (Lipinski definition) is 2. The summed E-state index contributed by atoms with van der Waals surface area (Å²) in [5.41, 5.74) is 12.1. The van der Waals surface area contributed by atoms with E-state index in [1.807, 2.05) is 37.5 Å². The highest BCUT2D eigenvalue weighted by atomic mass is 16.5. The zero-order valence-corrected chi connectivity index (χ0v) is 31.1. The van der Waals surface area contributed by atoms with E-state index in [-0.39, 0.29) is 30.0 Å². The first kappa shape index (κ1) is 35.0. The summed E-state index contributed by atoms with van der Waals surface area (Å²) in [4.78, 5) is 46.0. The van der Waals surface area contributed by atoms with Crippen LogP contribution in [0, 0.1) is 17.3 Å². The Labute approximate surface area is 304 Å². The third-order valence-corrected chi connectivity index (χ3v) is 11.5. The average Bonchev–Trinajstić information content (AvgIpc) is 3.86. The number of carbonyl (C=O) groups excluding carboxylic acids is 2. The molecule has 1 aliphatic carbocycles. The number of rotatable bonds is 8. The molecule has 0 radical (unpaired) electrons. The molecular weight excluding hydrogens is 654 g/mol. The number of nitrogens with zero attached hydrogens (tertiary/aromatic N) is 4. The summed E-state index contributed by atoms with van der Waals surface area (Å²) >= 11 is 0. The van der Waals surface area contributed by atoms with Crippen molar-refractivity contribution < 1.29 is 24.2 Å². The molecule has 5 aliphatic heterocycles. The molecule has 1 aromatic heterocycles. The van der Waals surface area contributed by atoms with Crippen LogP contribution in [0.25, 0.3) is 0 Å². The Morgan fingerprint density at radius 1 is 0.904 bits per heavy atom. The monoisotopic (exact) mass is 699 g/mol. The number of hydrogen-bond acceptors (Lipinski definition) is 10. The highest BCUT2D eigenvalue weighted by Crippen LogP contribution is 2.54. The molecule has 6 aliphatic rings. The van der Waals surface area contributed by atoms with Crippen LogP contribution in [0.15, 0.2) is 131 Å². The first-order chi connectivity index (χ1) is 24.9. The molecule has 0 aromatic carbocycles. The quantitative estimate of drug-likeness (QED) is 0.270. The molecule has 3 atom stereocenters. The minimum Gasteiger partial charge on any atom is -0.510 e. The number of fused-ring (bicyclic) bond motifs is 5. The molecule has 8 bridgehead atoms. The lowest BCUT2D eigenvalue weighted by Crippen LogP contribution is -2.35. The number of aromatic nitrogens is 1. The van der Waals surface area contributed by atoms with E-state index in [0.717, 1.165) is 81.3 Å². The average molecular weight is 700 g/mol. The molecule has 0 unspecified atom stereocenters. The lowest BCUT2D eigenvalue weighted by molar-refractivity contribution is -0.148. The van der Waals surface area contributed by atoms with Gasteiger partial charge in [0.15, 0.2) is 5.41 Å². The minimum atomic E-state index is -1.53. The topological polar surface area (TPSA) is 135 Å². The second-order valence-corrected chi connectivity index (χ2v) is 14.3. The molecular formula is C42H45N5O5. The van der Waals surface area contributed by atoms with Gasteiger partial charge in [0, 0.05) is 53.2 Å². The number of aliphatic hydroxyl groups is 1. The smallest absolute Gasteiger partial charge is 0.323 e. The summed E-state index contributed by atoms with van der Waals surface area (Å²) in [6, 6.07) is 4.09. The summed E-state index contributed by atoms with van der Waals surface area (Å²) in [6.07, 6.45) is 12.8. The van der Waals surface area contributed by atoms with Crippen molar-refractivity contribution in [2.75, 3.05) is 14.2 Å². The van der Waals surface area contributed by atoms with Crippen LogP contribution in [-0.4, -0.2) is 53.4 Å². The van der Waals surface area contributed by atoms with E-state index in [1.165, 1.54) is 19.8 Å². The van der Waals surface area contributed by atoms with Crippen LogP contribution in [0.5, 0.6) is 0 Å². The van der Waals surface area contributed by atoms with E-state index >= 15 is 0 Å². The van der Waals surface area contributed by atoms with E-state index in [2.05, 4.69) is 50.1 Å². The summed E-state index contributed by atoms with van der Waals surface area (Å²) < 4.78 is 10.4. The summed E-state index contributed by atoms with van der Waals surface area (Å²) in [5, 5.41) is 15.7. The van der Waals surface area contributed by atoms with Crippen molar-refractivity contribution in [3.8, 4) is 0 Å². The van der Waals surface area contributed by atoms with Crippen molar-refractivity contribution in [1.29, 1.82) is 0 Å². The van der Waals surface area contributed by atoms with Crippen LogP contribution in [0.1, 0.15) is 72.8 Å². The van der Waals surface area contributed by atoms with Gasteiger partial charge in [0.1, 0.15) is 5.76 Å². The van der Waals surface area contributed by atoms with Gasteiger partial charge in [0.2, 0.25) is 0 Å². The molecule has 1 fully saturated rings. The van der Waals surface area contributed by atoms with Crippen LogP contribution in [0.3, 0.4) is 0 Å². The van der Waals surface area contributed by atoms with Gasteiger partial charge >= 0.3 is 11.9 Å². The summed E-state index contributed by atoms with van der Waals surface area (Å²) in [6.45, 7) is 12.1. The maximum absolute atomic E-state index is 13.8. The molecule has 0 amide bonds. The maximum atomic E-state index is 13.8. The van der Waals surface area contributed by atoms with E-state index < -0.39 is 11.4 Å². The number of aryl methyl sites for hydroxylation is 1. The fourth-order valence-corrected chi connectivity index (χ4v) is 8.36. The summed E-state index contributed by atoms with van der Waals surface area (Å²) in [7, 11) is 2.71. The van der Waals surface area contributed by atoms with Crippen molar-refractivity contribution in [2.24, 2.45) is 32.2 Å².